The molecule has 0 spiro atoms. The van der Waals surface area contributed by atoms with Crippen molar-refractivity contribution in [2.24, 2.45) is 0 Å². The molecule has 1 aromatic carbocycles. The van der Waals surface area contributed by atoms with Crippen molar-refractivity contribution < 1.29 is 32.2 Å². The van der Waals surface area contributed by atoms with Gasteiger partial charge < -0.3 is 14.3 Å². The molecule has 0 atom stereocenters. The van der Waals surface area contributed by atoms with E-state index < -0.39 is 17.7 Å². The minimum atomic E-state index is -4.54. The SMILES string of the molecule is O=C(O)c1occc1COc1ccccc1C(F)(F)F. The summed E-state index contributed by atoms with van der Waals surface area (Å²) in [6.45, 7) is -0.328. The van der Waals surface area contributed by atoms with Gasteiger partial charge in [-0.3, -0.25) is 0 Å². The topological polar surface area (TPSA) is 59.7 Å². The van der Waals surface area contributed by atoms with E-state index >= 15 is 0 Å². The van der Waals surface area contributed by atoms with E-state index in [2.05, 4.69) is 0 Å². The Bertz CT molecular complexity index is 616. The Hall–Kier alpha value is -2.44. The van der Waals surface area contributed by atoms with Gasteiger partial charge in [-0.2, -0.15) is 13.2 Å². The first-order valence-electron chi connectivity index (χ1n) is 5.48. The highest BCUT2D eigenvalue weighted by Crippen LogP contribution is 2.36. The predicted octanol–water partition coefficient (Wildman–Crippen LogP) is 3.58. The third kappa shape index (κ3) is 2.93. The zero-order valence-corrected chi connectivity index (χ0v) is 9.98. The Balaban J connectivity index is 2.20. The van der Waals surface area contributed by atoms with Gasteiger partial charge in [0.1, 0.15) is 12.4 Å². The second-order valence-electron chi connectivity index (χ2n) is 3.86. The minimum absolute atomic E-state index is 0.162. The first-order chi connectivity index (χ1) is 9.39. The van der Waals surface area contributed by atoms with E-state index in [4.69, 9.17) is 14.3 Å². The van der Waals surface area contributed by atoms with Gasteiger partial charge in [-0.15, -0.1) is 0 Å². The molecule has 20 heavy (non-hydrogen) atoms. The van der Waals surface area contributed by atoms with Crippen LogP contribution >= 0.6 is 0 Å². The molecule has 2 aromatic rings. The molecule has 0 amide bonds. The van der Waals surface area contributed by atoms with Crippen molar-refractivity contribution in [3.63, 3.8) is 0 Å². The first kappa shape index (κ1) is 14.0. The molecule has 2 rings (SSSR count). The summed E-state index contributed by atoms with van der Waals surface area (Å²) in [5, 5.41) is 8.81. The Morgan fingerprint density at radius 1 is 1.25 bits per heavy atom. The number of ether oxygens (including phenoxy) is 1. The minimum Gasteiger partial charge on any atom is -0.488 e. The van der Waals surface area contributed by atoms with Crippen LogP contribution in [0.3, 0.4) is 0 Å². The predicted molar refractivity (Wildman–Crippen MR) is 61.4 cm³/mol. The molecule has 0 aliphatic carbocycles. The number of carboxylic acid groups (broad SMARTS) is 1. The molecule has 1 N–H and O–H groups in total. The highest BCUT2D eigenvalue weighted by atomic mass is 19.4. The van der Waals surface area contributed by atoms with Crippen LogP contribution in [0.4, 0.5) is 13.2 Å². The molecule has 0 radical (unpaired) electrons. The highest BCUT2D eigenvalue weighted by Gasteiger charge is 2.34. The van der Waals surface area contributed by atoms with E-state index in [1.54, 1.807) is 0 Å². The Kier molecular flexibility index (Phi) is 3.69. The van der Waals surface area contributed by atoms with Crippen LogP contribution < -0.4 is 4.74 Å². The van der Waals surface area contributed by atoms with Crippen molar-refractivity contribution in [2.75, 3.05) is 0 Å². The normalized spacial score (nSPS) is 11.3. The zero-order chi connectivity index (χ0) is 14.8. The van der Waals surface area contributed by atoms with Crippen molar-refractivity contribution in [1.29, 1.82) is 0 Å². The summed E-state index contributed by atoms with van der Waals surface area (Å²) < 4.78 is 48.0. The molecule has 1 aromatic heterocycles. The molecule has 106 valence electrons. The van der Waals surface area contributed by atoms with E-state index in [0.29, 0.717) is 0 Å². The lowest BCUT2D eigenvalue weighted by Gasteiger charge is -2.13. The Labute approximate surface area is 111 Å². The van der Waals surface area contributed by atoms with Gasteiger partial charge in [-0.05, 0) is 18.2 Å². The molecule has 0 unspecified atom stereocenters. The average molecular weight is 286 g/mol. The fourth-order valence-electron chi connectivity index (χ4n) is 1.62. The number of para-hydroxylation sites is 1. The maximum Gasteiger partial charge on any atom is 0.419 e. The summed E-state index contributed by atoms with van der Waals surface area (Å²) in [7, 11) is 0. The molecule has 0 fully saturated rings. The zero-order valence-electron chi connectivity index (χ0n) is 9.98. The summed E-state index contributed by atoms with van der Waals surface area (Å²) in [5.74, 6) is -2.02. The Morgan fingerprint density at radius 3 is 2.60 bits per heavy atom. The van der Waals surface area contributed by atoms with Crippen LogP contribution in [0.1, 0.15) is 21.7 Å². The van der Waals surface area contributed by atoms with Crippen molar-refractivity contribution in [3.8, 4) is 5.75 Å². The number of alkyl halides is 3. The van der Waals surface area contributed by atoms with E-state index in [1.165, 1.54) is 24.3 Å². The first-order valence-corrected chi connectivity index (χ1v) is 5.48. The van der Waals surface area contributed by atoms with Crippen LogP contribution in [0.5, 0.6) is 5.75 Å². The second kappa shape index (κ2) is 5.28. The highest BCUT2D eigenvalue weighted by molar-refractivity contribution is 5.86. The number of furan rings is 1. The van der Waals surface area contributed by atoms with Gasteiger partial charge >= 0.3 is 12.1 Å². The van der Waals surface area contributed by atoms with E-state index in [9.17, 15) is 18.0 Å². The van der Waals surface area contributed by atoms with Crippen LogP contribution in [0.2, 0.25) is 0 Å². The lowest BCUT2D eigenvalue weighted by Crippen LogP contribution is -2.09. The quantitative estimate of drug-likeness (QED) is 0.933. The molecule has 0 aliphatic heterocycles. The molecule has 0 saturated heterocycles. The number of rotatable bonds is 4. The van der Waals surface area contributed by atoms with Crippen molar-refractivity contribution in [1.82, 2.24) is 0 Å². The summed E-state index contributed by atoms with van der Waals surface area (Å²) in [4.78, 5) is 10.8. The molecule has 7 heteroatoms. The number of hydrogen-bond acceptors (Lipinski definition) is 3. The molecule has 0 bridgehead atoms. The number of hydrogen-bond donors (Lipinski definition) is 1. The van der Waals surface area contributed by atoms with E-state index in [0.717, 1.165) is 12.3 Å². The third-order valence-corrected chi connectivity index (χ3v) is 2.52. The number of halogens is 3. The van der Waals surface area contributed by atoms with Gasteiger partial charge in [0, 0.05) is 5.56 Å². The lowest BCUT2D eigenvalue weighted by molar-refractivity contribution is -0.139. The van der Waals surface area contributed by atoms with Crippen LogP contribution in [0.25, 0.3) is 0 Å². The second-order valence-corrected chi connectivity index (χ2v) is 3.86. The molecule has 4 nitrogen and oxygen atoms in total. The largest absolute Gasteiger partial charge is 0.488 e. The maximum absolute atomic E-state index is 12.7. The van der Waals surface area contributed by atoms with Gasteiger partial charge in [0.05, 0.1) is 11.8 Å². The van der Waals surface area contributed by atoms with E-state index in [1.807, 2.05) is 0 Å². The summed E-state index contributed by atoms with van der Waals surface area (Å²) >= 11 is 0. The van der Waals surface area contributed by atoms with Crippen LogP contribution in [-0.4, -0.2) is 11.1 Å². The van der Waals surface area contributed by atoms with Gasteiger partial charge in [0.25, 0.3) is 0 Å². The lowest BCUT2D eigenvalue weighted by atomic mass is 10.2. The third-order valence-electron chi connectivity index (χ3n) is 2.52. The standard InChI is InChI=1S/C13H9F3O4/c14-13(15,16)9-3-1-2-4-10(9)20-7-8-5-6-19-11(8)12(17)18/h1-6H,7H2,(H,17,18). The van der Waals surface area contributed by atoms with Crippen LogP contribution in [0.15, 0.2) is 41.0 Å². The summed E-state index contributed by atoms with van der Waals surface area (Å²) in [5.41, 5.74) is -0.755. The van der Waals surface area contributed by atoms with Crippen LogP contribution in [-0.2, 0) is 12.8 Å². The van der Waals surface area contributed by atoms with Gasteiger partial charge in [0.15, 0.2) is 0 Å². The van der Waals surface area contributed by atoms with Crippen molar-refractivity contribution >= 4 is 5.97 Å². The number of carboxylic acids is 1. The van der Waals surface area contributed by atoms with E-state index in [-0.39, 0.29) is 23.7 Å². The fraction of sp³-hybridized carbons (Fsp3) is 0.154. The smallest absolute Gasteiger partial charge is 0.419 e. The van der Waals surface area contributed by atoms with Crippen molar-refractivity contribution in [2.45, 2.75) is 12.8 Å². The summed E-state index contributed by atoms with van der Waals surface area (Å²) in [6, 6.07) is 6.04. The molecule has 0 aliphatic rings. The van der Waals surface area contributed by atoms with Gasteiger partial charge in [-0.1, -0.05) is 12.1 Å². The molecule has 1 heterocycles. The van der Waals surface area contributed by atoms with Crippen molar-refractivity contribution in [3.05, 3.63) is 53.5 Å². The summed E-state index contributed by atoms with van der Waals surface area (Å²) in [6.07, 6.45) is -3.40. The monoisotopic (exact) mass is 286 g/mol. The maximum atomic E-state index is 12.7. The average Bonchev–Trinajstić information content (AvgIpc) is 2.84. The number of benzene rings is 1. The fourth-order valence-corrected chi connectivity index (χ4v) is 1.62. The van der Waals surface area contributed by atoms with Gasteiger partial charge in [0.2, 0.25) is 5.76 Å². The molecular weight excluding hydrogens is 277 g/mol. The number of aromatic carboxylic acids is 1. The van der Waals surface area contributed by atoms with Gasteiger partial charge in [-0.25, -0.2) is 4.79 Å². The Morgan fingerprint density at radius 2 is 1.95 bits per heavy atom. The molecular formula is C13H9F3O4. The molecule has 0 saturated carbocycles. The van der Waals surface area contributed by atoms with Crippen LogP contribution in [0, 0.1) is 0 Å². The number of carbonyl (C=O) groups is 1.